The van der Waals surface area contributed by atoms with Crippen molar-refractivity contribution in [1.29, 1.82) is 0 Å². The van der Waals surface area contributed by atoms with Crippen LogP contribution in [0.15, 0.2) is 53.3 Å². The minimum atomic E-state index is -0.320. The molecular weight excluding hydrogens is 440 g/mol. The second-order valence-corrected chi connectivity index (χ2v) is 9.22. The summed E-state index contributed by atoms with van der Waals surface area (Å²) in [5.41, 5.74) is 3.76. The van der Waals surface area contributed by atoms with E-state index in [4.69, 9.17) is 4.74 Å². The monoisotopic (exact) mass is 472 g/mol. The highest BCUT2D eigenvalue weighted by atomic mass is 16.5. The summed E-state index contributed by atoms with van der Waals surface area (Å²) in [6.45, 7) is 4.47. The number of methoxy groups -OCH3 is 1. The standard InChI is InChI=1S/C27H32N6O2/c1-3-19-10-13-24-21(16-19)17-23(27(34)28-24)25(32-14-6-4-5-7-15-32)26-29-30-31-33(26)18-20-8-11-22(35-2)12-9-20/h8-13,16-17,25H,3-7,14-15,18H2,1-2H3,(H,28,34)/t25-/m1/s1. The Kier molecular flexibility index (Phi) is 6.90. The molecule has 2 aromatic heterocycles. The molecule has 0 bridgehead atoms. The summed E-state index contributed by atoms with van der Waals surface area (Å²) in [5, 5.41) is 13.9. The second kappa shape index (κ2) is 10.4. The molecule has 1 aliphatic heterocycles. The number of nitrogens with one attached hydrogen (secondary N) is 1. The largest absolute Gasteiger partial charge is 0.497 e. The normalized spacial score (nSPS) is 15.7. The van der Waals surface area contributed by atoms with Crippen molar-refractivity contribution in [3.63, 3.8) is 0 Å². The Balaban J connectivity index is 1.59. The molecule has 1 fully saturated rings. The van der Waals surface area contributed by atoms with Gasteiger partial charge in [-0.25, -0.2) is 4.68 Å². The lowest BCUT2D eigenvalue weighted by Crippen LogP contribution is -2.36. The summed E-state index contributed by atoms with van der Waals surface area (Å²) in [7, 11) is 1.66. The van der Waals surface area contributed by atoms with Crippen molar-refractivity contribution in [3.8, 4) is 5.75 Å². The highest BCUT2D eigenvalue weighted by Crippen LogP contribution is 2.29. The molecule has 3 heterocycles. The van der Waals surface area contributed by atoms with Gasteiger partial charge in [0.2, 0.25) is 0 Å². The molecule has 0 aliphatic carbocycles. The summed E-state index contributed by atoms with van der Waals surface area (Å²) in [6, 6.07) is 15.8. The number of hydrogen-bond donors (Lipinski definition) is 1. The van der Waals surface area contributed by atoms with Gasteiger partial charge in [-0.1, -0.05) is 38.0 Å². The van der Waals surface area contributed by atoms with E-state index in [0.717, 1.165) is 54.6 Å². The van der Waals surface area contributed by atoms with Crippen LogP contribution >= 0.6 is 0 Å². The topological polar surface area (TPSA) is 88.9 Å². The van der Waals surface area contributed by atoms with Gasteiger partial charge in [0.05, 0.1) is 13.7 Å². The number of nitrogens with zero attached hydrogens (tertiary/aromatic N) is 5. The van der Waals surface area contributed by atoms with Crippen molar-refractivity contribution < 1.29 is 4.74 Å². The Morgan fingerprint density at radius 1 is 1.00 bits per heavy atom. The van der Waals surface area contributed by atoms with Crippen LogP contribution in [0.4, 0.5) is 0 Å². The molecule has 5 rings (SSSR count). The van der Waals surface area contributed by atoms with Crippen molar-refractivity contribution in [3.05, 3.63) is 81.4 Å². The second-order valence-electron chi connectivity index (χ2n) is 9.22. The van der Waals surface area contributed by atoms with Crippen molar-refractivity contribution in [2.75, 3.05) is 20.2 Å². The van der Waals surface area contributed by atoms with Gasteiger partial charge in [-0.3, -0.25) is 9.69 Å². The van der Waals surface area contributed by atoms with Gasteiger partial charge >= 0.3 is 0 Å². The van der Waals surface area contributed by atoms with E-state index in [1.807, 2.05) is 41.1 Å². The number of fused-ring (bicyclic) bond motifs is 1. The number of H-pyrrole nitrogens is 1. The van der Waals surface area contributed by atoms with E-state index in [1.54, 1.807) is 7.11 Å². The van der Waals surface area contributed by atoms with E-state index in [2.05, 4.69) is 44.5 Å². The fourth-order valence-corrected chi connectivity index (χ4v) is 4.97. The van der Waals surface area contributed by atoms with Crippen LogP contribution in [-0.2, 0) is 13.0 Å². The number of hydrogen-bond acceptors (Lipinski definition) is 6. The predicted octanol–water partition coefficient (Wildman–Crippen LogP) is 4.10. The minimum Gasteiger partial charge on any atom is -0.497 e. The van der Waals surface area contributed by atoms with Gasteiger partial charge in [-0.2, -0.15) is 0 Å². The lowest BCUT2D eigenvalue weighted by molar-refractivity contribution is 0.220. The van der Waals surface area contributed by atoms with Crippen LogP contribution in [0.1, 0.15) is 61.2 Å². The molecule has 35 heavy (non-hydrogen) atoms. The molecular formula is C27H32N6O2. The lowest BCUT2D eigenvalue weighted by atomic mass is 10.0. The molecule has 0 saturated carbocycles. The quantitative estimate of drug-likeness (QED) is 0.436. The van der Waals surface area contributed by atoms with E-state index < -0.39 is 0 Å². The molecule has 1 N–H and O–H groups in total. The number of rotatable bonds is 7. The van der Waals surface area contributed by atoms with Gasteiger partial charge in [0.15, 0.2) is 5.82 Å². The number of benzene rings is 2. The Morgan fingerprint density at radius 2 is 1.74 bits per heavy atom. The Morgan fingerprint density at radius 3 is 2.46 bits per heavy atom. The van der Waals surface area contributed by atoms with Crippen LogP contribution in [-0.4, -0.2) is 50.3 Å². The van der Waals surface area contributed by atoms with Crippen molar-refractivity contribution in [1.82, 2.24) is 30.1 Å². The average Bonchev–Trinajstić information content (AvgIpc) is 3.16. The van der Waals surface area contributed by atoms with Crippen LogP contribution in [0.25, 0.3) is 10.9 Å². The first-order valence-electron chi connectivity index (χ1n) is 12.4. The molecule has 8 heteroatoms. The average molecular weight is 473 g/mol. The molecule has 4 aromatic rings. The first kappa shape index (κ1) is 23.2. The Hall–Kier alpha value is -3.52. The molecule has 1 atom stereocenters. The molecule has 0 radical (unpaired) electrons. The van der Waals surface area contributed by atoms with Gasteiger partial charge in [0.25, 0.3) is 5.56 Å². The van der Waals surface area contributed by atoms with E-state index in [-0.39, 0.29) is 11.6 Å². The van der Waals surface area contributed by atoms with Crippen LogP contribution < -0.4 is 10.3 Å². The summed E-state index contributed by atoms with van der Waals surface area (Å²) in [5.74, 6) is 1.50. The molecule has 0 amide bonds. The van der Waals surface area contributed by atoms with Gasteiger partial charge in [0.1, 0.15) is 11.8 Å². The van der Waals surface area contributed by atoms with E-state index in [1.165, 1.54) is 18.4 Å². The first-order valence-corrected chi connectivity index (χ1v) is 12.4. The molecule has 1 saturated heterocycles. The Bertz CT molecular complexity index is 1340. The summed E-state index contributed by atoms with van der Waals surface area (Å²) < 4.78 is 7.11. The SMILES string of the molecule is CCc1ccc2[nH]c(=O)c([C@H](c3nnnn3Cc3ccc(OC)cc3)N3CCCCCC3)cc2c1. The summed E-state index contributed by atoms with van der Waals surface area (Å²) >= 11 is 0. The van der Waals surface area contributed by atoms with Crippen LogP contribution in [0.2, 0.25) is 0 Å². The van der Waals surface area contributed by atoms with Crippen LogP contribution in [0, 0.1) is 0 Å². The maximum absolute atomic E-state index is 13.4. The van der Waals surface area contributed by atoms with E-state index in [0.29, 0.717) is 17.9 Å². The van der Waals surface area contributed by atoms with Crippen LogP contribution in [0.5, 0.6) is 5.75 Å². The van der Waals surface area contributed by atoms with E-state index in [9.17, 15) is 4.79 Å². The lowest BCUT2D eigenvalue weighted by Gasteiger charge is -2.29. The number of aromatic amines is 1. The zero-order valence-corrected chi connectivity index (χ0v) is 20.4. The smallest absolute Gasteiger partial charge is 0.253 e. The third-order valence-corrected chi connectivity index (χ3v) is 6.94. The summed E-state index contributed by atoms with van der Waals surface area (Å²) in [6.07, 6.45) is 5.55. The predicted molar refractivity (Wildman–Crippen MR) is 136 cm³/mol. The number of tetrazole rings is 1. The molecule has 8 nitrogen and oxygen atoms in total. The van der Waals surface area contributed by atoms with Gasteiger partial charge in [-0.05, 0) is 89.6 Å². The van der Waals surface area contributed by atoms with Gasteiger partial charge in [0, 0.05) is 11.1 Å². The third-order valence-electron chi connectivity index (χ3n) is 6.94. The van der Waals surface area contributed by atoms with Gasteiger partial charge in [-0.15, -0.1) is 5.10 Å². The number of aromatic nitrogens is 5. The minimum absolute atomic E-state index is 0.0880. The maximum Gasteiger partial charge on any atom is 0.253 e. The number of aryl methyl sites for hydroxylation is 1. The number of ether oxygens (including phenoxy) is 1. The van der Waals surface area contributed by atoms with Crippen molar-refractivity contribution in [2.24, 2.45) is 0 Å². The van der Waals surface area contributed by atoms with Crippen molar-refractivity contribution >= 4 is 10.9 Å². The molecule has 182 valence electrons. The molecule has 0 spiro atoms. The summed E-state index contributed by atoms with van der Waals surface area (Å²) in [4.78, 5) is 18.9. The molecule has 0 unspecified atom stereocenters. The highest BCUT2D eigenvalue weighted by Gasteiger charge is 2.31. The van der Waals surface area contributed by atoms with E-state index >= 15 is 0 Å². The van der Waals surface area contributed by atoms with Crippen LogP contribution in [0.3, 0.4) is 0 Å². The fourth-order valence-electron chi connectivity index (χ4n) is 4.97. The zero-order valence-electron chi connectivity index (χ0n) is 20.4. The number of pyridine rings is 1. The van der Waals surface area contributed by atoms with Crippen molar-refractivity contribution in [2.45, 2.75) is 51.6 Å². The highest BCUT2D eigenvalue weighted by molar-refractivity contribution is 5.80. The Labute approximate surface area is 204 Å². The third kappa shape index (κ3) is 4.98. The number of likely N-dealkylation sites (tertiary alicyclic amines) is 1. The van der Waals surface area contributed by atoms with Gasteiger partial charge < -0.3 is 9.72 Å². The zero-order chi connectivity index (χ0) is 24.2. The first-order chi connectivity index (χ1) is 17.2. The maximum atomic E-state index is 13.4. The molecule has 1 aliphatic rings. The molecule has 2 aromatic carbocycles. The fraction of sp³-hybridized carbons (Fsp3) is 0.407.